The largest absolute Gasteiger partial charge is 0.416 e. The van der Waals surface area contributed by atoms with Gasteiger partial charge in [0.25, 0.3) is 0 Å². The van der Waals surface area contributed by atoms with Crippen molar-refractivity contribution in [1.82, 2.24) is 4.90 Å². The summed E-state index contributed by atoms with van der Waals surface area (Å²) in [4.78, 5) is 17.3. The minimum absolute atomic E-state index is 0.0470. The topological polar surface area (TPSA) is 23.6 Å². The first kappa shape index (κ1) is 23.4. The number of halogens is 5. The van der Waals surface area contributed by atoms with Crippen LogP contribution < -0.4 is 4.90 Å². The number of benzene rings is 2. The van der Waals surface area contributed by atoms with Crippen molar-refractivity contribution in [3.05, 3.63) is 63.1 Å². The Kier molecular flexibility index (Phi) is 7.03. The van der Waals surface area contributed by atoms with Gasteiger partial charge in [-0.2, -0.15) is 13.2 Å². The molecule has 2 aliphatic rings. The lowest BCUT2D eigenvalue weighted by molar-refractivity contribution is -0.137. The van der Waals surface area contributed by atoms with Gasteiger partial charge in [0.1, 0.15) is 0 Å². The number of hydrogen-bond acceptors (Lipinski definition) is 3. The van der Waals surface area contributed by atoms with E-state index in [1.165, 1.54) is 12.8 Å². The highest BCUT2D eigenvalue weighted by molar-refractivity contribution is 6.42. The summed E-state index contributed by atoms with van der Waals surface area (Å²) in [6.07, 6.45) is -0.293. The standard InChI is InChI=1S/C24H25Cl2F3N2O/c25-21-4-3-16(11-22(21)26)12-23(32)17-13-18(24(27,28)29)15-20(14-17)31-9-5-19(6-10-31)30-7-1-2-8-30/h3-4,11,13-15,19H,1-2,5-10,12H2. The first-order valence-electron chi connectivity index (χ1n) is 10.9. The van der Waals surface area contributed by atoms with Gasteiger partial charge in [-0.1, -0.05) is 29.3 Å². The lowest BCUT2D eigenvalue weighted by atomic mass is 9.98. The molecule has 0 atom stereocenters. The summed E-state index contributed by atoms with van der Waals surface area (Å²) >= 11 is 11.9. The molecule has 2 fully saturated rings. The van der Waals surface area contributed by atoms with E-state index >= 15 is 0 Å². The number of carbonyl (C=O) groups excluding carboxylic acids is 1. The second-order valence-corrected chi connectivity index (χ2v) is 9.39. The lowest BCUT2D eigenvalue weighted by Crippen LogP contribution is -2.44. The van der Waals surface area contributed by atoms with Crippen LogP contribution in [0.5, 0.6) is 0 Å². The molecule has 8 heteroatoms. The predicted molar refractivity (Wildman–Crippen MR) is 122 cm³/mol. The van der Waals surface area contributed by atoms with Crippen LogP contribution in [-0.4, -0.2) is 42.9 Å². The smallest absolute Gasteiger partial charge is 0.371 e. The van der Waals surface area contributed by atoms with Crippen LogP contribution in [0.3, 0.4) is 0 Å². The number of alkyl halides is 3. The Bertz CT molecular complexity index is 982. The Labute approximate surface area is 196 Å². The van der Waals surface area contributed by atoms with E-state index < -0.39 is 11.7 Å². The zero-order valence-corrected chi connectivity index (χ0v) is 19.1. The van der Waals surface area contributed by atoms with Crippen LogP contribution in [0.4, 0.5) is 18.9 Å². The molecule has 0 bridgehead atoms. The van der Waals surface area contributed by atoms with E-state index in [0.29, 0.717) is 40.4 Å². The summed E-state index contributed by atoms with van der Waals surface area (Å²) < 4.78 is 40.8. The molecule has 0 saturated carbocycles. The van der Waals surface area contributed by atoms with Crippen molar-refractivity contribution in [3.8, 4) is 0 Å². The molecule has 0 aromatic heterocycles. The molecule has 0 aliphatic carbocycles. The molecule has 2 heterocycles. The van der Waals surface area contributed by atoms with Crippen LogP contribution in [0.25, 0.3) is 0 Å². The van der Waals surface area contributed by atoms with Gasteiger partial charge >= 0.3 is 6.18 Å². The third-order valence-electron chi connectivity index (χ3n) is 6.40. The summed E-state index contributed by atoms with van der Waals surface area (Å²) in [6.45, 7) is 3.59. The first-order valence-corrected chi connectivity index (χ1v) is 11.6. The summed E-state index contributed by atoms with van der Waals surface area (Å²) in [5, 5.41) is 0.670. The number of anilines is 1. The fourth-order valence-electron chi connectivity index (χ4n) is 4.65. The molecule has 0 radical (unpaired) electrons. The molecule has 0 N–H and O–H groups in total. The Morgan fingerprint density at radius 1 is 0.938 bits per heavy atom. The van der Waals surface area contributed by atoms with E-state index in [1.54, 1.807) is 24.3 Å². The Hall–Kier alpha value is -1.76. The molecule has 2 aromatic rings. The van der Waals surface area contributed by atoms with Crippen LogP contribution in [0.2, 0.25) is 10.0 Å². The van der Waals surface area contributed by atoms with E-state index in [9.17, 15) is 18.0 Å². The Balaban J connectivity index is 1.54. The fraction of sp³-hybridized carbons (Fsp3) is 0.458. The normalized spacial score (nSPS) is 18.3. The summed E-state index contributed by atoms with van der Waals surface area (Å²) in [5.41, 5.74) is 0.323. The average molecular weight is 485 g/mol. The molecule has 0 amide bonds. The first-order chi connectivity index (χ1) is 15.2. The van der Waals surface area contributed by atoms with Crippen molar-refractivity contribution in [1.29, 1.82) is 0 Å². The third kappa shape index (κ3) is 5.41. The molecule has 3 nitrogen and oxygen atoms in total. The van der Waals surface area contributed by atoms with Crippen LogP contribution >= 0.6 is 23.2 Å². The maximum absolute atomic E-state index is 13.6. The van der Waals surface area contributed by atoms with E-state index in [-0.39, 0.29) is 17.8 Å². The molecular formula is C24H25Cl2F3N2O. The third-order valence-corrected chi connectivity index (χ3v) is 7.14. The van der Waals surface area contributed by atoms with Gasteiger partial charge in [-0.15, -0.1) is 0 Å². The maximum Gasteiger partial charge on any atom is 0.416 e. The lowest BCUT2D eigenvalue weighted by Gasteiger charge is -2.38. The summed E-state index contributed by atoms with van der Waals surface area (Å²) in [7, 11) is 0. The van der Waals surface area contributed by atoms with Crippen molar-refractivity contribution in [2.45, 2.75) is 44.3 Å². The van der Waals surface area contributed by atoms with Gasteiger partial charge < -0.3 is 9.80 Å². The second-order valence-electron chi connectivity index (χ2n) is 8.58. The maximum atomic E-state index is 13.6. The number of hydrogen-bond donors (Lipinski definition) is 0. The van der Waals surface area contributed by atoms with Gasteiger partial charge in [-0.25, -0.2) is 0 Å². The molecule has 0 spiro atoms. The SMILES string of the molecule is O=C(Cc1ccc(Cl)c(Cl)c1)c1cc(N2CCC(N3CCCC3)CC2)cc(C(F)(F)F)c1. The van der Waals surface area contributed by atoms with Crippen LogP contribution in [-0.2, 0) is 12.6 Å². The highest BCUT2D eigenvalue weighted by Gasteiger charge is 2.33. The van der Waals surface area contributed by atoms with Crippen molar-refractivity contribution < 1.29 is 18.0 Å². The second kappa shape index (κ2) is 9.62. The number of rotatable bonds is 5. The van der Waals surface area contributed by atoms with Gasteiger partial charge in [0.15, 0.2) is 5.78 Å². The molecule has 2 saturated heterocycles. The van der Waals surface area contributed by atoms with Crippen molar-refractivity contribution in [3.63, 3.8) is 0 Å². The number of nitrogens with zero attached hydrogens (tertiary/aromatic N) is 2. The summed E-state index contributed by atoms with van der Waals surface area (Å²) in [6, 6.07) is 8.99. The average Bonchev–Trinajstić information content (AvgIpc) is 3.30. The van der Waals surface area contributed by atoms with Crippen molar-refractivity contribution in [2.24, 2.45) is 0 Å². The van der Waals surface area contributed by atoms with Crippen molar-refractivity contribution in [2.75, 3.05) is 31.1 Å². The quantitative estimate of drug-likeness (QED) is 0.452. The highest BCUT2D eigenvalue weighted by atomic mass is 35.5. The highest BCUT2D eigenvalue weighted by Crippen LogP contribution is 2.35. The van der Waals surface area contributed by atoms with Gasteiger partial charge in [-0.3, -0.25) is 4.79 Å². The Morgan fingerprint density at radius 3 is 2.25 bits per heavy atom. The Morgan fingerprint density at radius 2 is 1.62 bits per heavy atom. The number of ketones is 1. The number of piperidine rings is 1. The number of likely N-dealkylation sites (tertiary alicyclic amines) is 1. The van der Waals surface area contributed by atoms with Gasteiger partial charge in [-0.05, 0) is 74.7 Å². The van der Waals surface area contributed by atoms with E-state index in [2.05, 4.69) is 4.90 Å². The molecule has 172 valence electrons. The predicted octanol–water partition coefficient (Wildman–Crippen LogP) is 6.50. The minimum atomic E-state index is -4.53. The molecule has 4 rings (SSSR count). The fourth-order valence-corrected chi connectivity index (χ4v) is 4.97. The molecular weight excluding hydrogens is 460 g/mol. The van der Waals surface area contributed by atoms with Gasteiger partial charge in [0.2, 0.25) is 0 Å². The minimum Gasteiger partial charge on any atom is -0.371 e. The zero-order chi connectivity index (χ0) is 22.9. The van der Waals surface area contributed by atoms with Crippen LogP contribution in [0.15, 0.2) is 36.4 Å². The van der Waals surface area contributed by atoms with Crippen molar-refractivity contribution >= 4 is 34.7 Å². The number of carbonyl (C=O) groups is 1. The molecule has 2 aliphatic heterocycles. The van der Waals surface area contributed by atoms with Crippen LogP contribution in [0, 0.1) is 0 Å². The van der Waals surface area contributed by atoms with Crippen LogP contribution in [0.1, 0.15) is 47.2 Å². The summed E-state index contributed by atoms with van der Waals surface area (Å²) in [5.74, 6) is -0.386. The van der Waals surface area contributed by atoms with E-state index in [0.717, 1.165) is 38.1 Å². The van der Waals surface area contributed by atoms with E-state index in [1.807, 2.05) is 4.90 Å². The number of Topliss-reactive ketones (excluding diaryl/α,β-unsaturated/α-hetero) is 1. The van der Waals surface area contributed by atoms with Gasteiger partial charge in [0, 0.05) is 36.8 Å². The molecule has 0 unspecified atom stereocenters. The van der Waals surface area contributed by atoms with E-state index in [4.69, 9.17) is 23.2 Å². The monoisotopic (exact) mass is 484 g/mol. The molecule has 2 aromatic carbocycles. The molecule has 32 heavy (non-hydrogen) atoms. The zero-order valence-electron chi connectivity index (χ0n) is 17.6. The van der Waals surface area contributed by atoms with Gasteiger partial charge in [0.05, 0.1) is 15.6 Å².